The first kappa shape index (κ1) is 31.0. The van der Waals surface area contributed by atoms with Gasteiger partial charge in [0.2, 0.25) is 0 Å². The van der Waals surface area contributed by atoms with Crippen molar-refractivity contribution in [2.24, 2.45) is 14.1 Å². The standard InChI is InChI=1S/C31H41N3O3S2/c1-5-25-14-16-26(17-15-25)29(35)23-39-24(2)11-10-13-28-27(30(38)33(4)31(36)32(28)3)12-8-6-7-9-18-34-19-21-37-22-20-34/h5,10-11,13-17H,1,6-9,12,18-23H2,2-4H3/b13-10+,24-11?. The van der Waals surface area contributed by atoms with Crippen LogP contribution in [0.3, 0.4) is 0 Å². The fourth-order valence-electron chi connectivity index (χ4n) is 4.58. The fourth-order valence-corrected chi connectivity index (χ4v) is 5.57. The van der Waals surface area contributed by atoms with Crippen LogP contribution < -0.4 is 5.69 Å². The highest BCUT2D eigenvalue weighted by atomic mass is 32.2. The number of hydrogen-bond donors (Lipinski definition) is 0. The molecule has 0 bridgehead atoms. The van der Waals surface area contributed by atoms with Gasteiger partial charge in [0.1, 0.15) is 4.64 Å². The summed E-state index contributed by atoms with van der Waals surface area (Å²) < 4.78 is 9.26. The molecule has 210 valence electrons. The molecule has 1 aromatic carbocycles. The number of carbonyl (C=O) groups is 1. The summed E-state index contributed by atoms with van der Waals surface area (Å²) in [7, 11) is 3.54. The topological polar surface area (TPSA) is 56.5 Å². The van der Waals surface area contributed by atoms with Gasteiger partial charge in [-0.3, -0.25) is 18.8 Å². The van der Waals surface area contributed by atoms with Crippen molar-refractivity contribution in [1.82, 2.24) is 14.0 Å². The van der Waals surface area contributed by atoms with Crippen molar-refractivity contribution in [2.45, 2.75) is 39.0 Å². The van der Waals surface area contributed by atoms with E-state index < -0.39 is 0 Å². The lowest BCUT2D eigenvalue weighted by Crippen LogP contribution is -2.36. The molecule has 2 heterocycles. The summed E-state index contributed by atoms with van der Waals surface area (Å²) >= 11 is 7.19. The molecule has 2 aromatic rings. The van der Waals surface area contributed by atoms with Crippen molar-refractivity contribution < 1.29 is 9.53 Å². The van der Waals surface area contributed by atoms with E-state index in [4.69, 9.17) is 17.0 Å². The van der Waals surface area contributed by atoms with Gasteiger partial charge in [-0.1, -0.05) is 74.1 Å². The Kier molecular flexibility index (Phi) is 12.7. The van der Waals surface area contributed by atoms with E-state index in [0.717, 1.165) is 73.8 Å². The van der Waals surface area contributed by atoms with Crippen LogP contribution in [0.2, 0.25) is 0 Å². The maximum absolute atomic E-state index is 12.7. The van der Waals surface area contributed by atoms with Crippen LogP contribution in [0.5, 0.6) is 0 Å². The van der Waals surface area contributed by atoms with Crippen LogP contribution >= 0.6 is 24.0 Å². The Labute approximate surface area is 242 Å². The van der Waals surface area contributed by atoms with Crippen molar-refractivity contribution in [3.8, 4) is 0 Å². The Balaban J connectivity index is 1.58. The number of allylic oxidation sites excluding steroid dienone is 3. The number of ketones is 1. The molecule has 0 spiro atoms. The molecule has 1 aromatic heterocycles. The molecule has 0 aliphatic carbocycles. The van der Waals surface area contributed by atoms with Crippen molar-refractivity contribution in [3.05, 3.63) is 85.4 Å². The minimum absolute atomic E-state index is 0.0910. The molecule has 1 saturated heterocycles. The summed E-state index contributed by atoms with van der Waals surface area (Å²) in [5.74, 6) is 0.462. The minimum Gasteiger partial charge on any atom is -0.379 e. The molecule has 1 aliphatic heterocycles. The lowest BCUT2D eigenvalue weighted by Gasteiger charge is -2.26. The van der Waals surface area contributed by atoms with Gasteiger partial charge in [-0.05, 0) is 49.3 Å². The Morgan fingerprint density at radius 1 is 1.08 bits per heavy atom. The van der Waals surface area contributed by atoms with Gasteiger partial charge in [-0.2, -0.15) is 0 Å². The number of benzene rings is 1. The number of hydrogen-bond acceptors (Lipinski definition) is 6. The lowest BCUT2D eigenvalue weighted by atomic mass is 10.0. The van der Waals surface area contributed by atoms with Crippen molar-refractivity contribution in [3.63, 3.8) is 0 Å². The van der Waals surface area contributed by atoms with E-state index in [9.17, 15) is 9.59 Å². The summed E-state index contributed by atoms with van der Waals surface area (Å²) in [5.41, 5.74) is 3.46. The van der Waals surface area contributed by atoms with Crippen molar-refractivity contribution >= 4 is 41.9 Å². The number of thioether (sulfide) groups is 1. The molecule has 0 N–H and O–H groups in total. The zero-order chi connectivity index (χ0) is 28.2. The number of Topliss-reactive ketones (excluding diaryl/α,β-unsaturated/α-hetero) is 1. The number of morpholine rings is 1. The van der Waals surface area contributed by atoms with Gasteiger partial charge < -0.3 is 4.74 Å². The molecule has 1 aliphatic rings. The predicted octanol–water partition coefficient (Wildman–Crippen LogP) is 6.06. The Bertz CT molecular complexity index is 1300. The van der Waals surface area contributed by atoms with E-state index in [2.05, 4.69) is 11.5 Å². The van der Waals surface area contributed by atoms with Crippen LogP contribution in [-0.2, 0) is 25.3 Å². The number of aromatic nitrogens is 2. The van der Waals surface area contributed by atoms with Gasteiger partial charge in [-0.15, -0.1) is 11.8 Å². The summed E-state index contributed by atoms with van der Waals surface area (Å²) in [4.78, 5) is 28.8. The molecule has 0 unspecified atom stereocenters. The van der Waals surface area contributed by atoms with E-state index in [1.807, 2.05) is 49.4 Å². The van der Waals surface area contributed by atoms with Gasteiger partial charge in [0, 0.05) is 38.3 Å². The van der Waals surface area contributed by atoms with Crippen LogP contribution in [0, 0.1) is 4.64 Å². The van der Waals surface area contributed by atoms with Crippen LogP contribution in [0.1, 0.15) is 59.8 Å². The fraction of sp³-hybridized carbons (Fsp3) is 0.452. The first-order valence-electron chi connectivity index (χ1n) is 13.6. The molecule has 0 radical (unpaired) electrons. The highest BCUT2D eigenvalue weighted by Crippen LogP contribution is 2.19. The third-order valence-corrected chi connectivity index (χ3v) is 8.56. The first-order valence-corrected chi connectivity index (χ1v) is 15.0. The first-order chi connectivity index (χ1) is 18.8. The smallest absolute Gasteiger partial charge is 0.329 e. The average molecular weight is 568 g/mol. The zero-order valence-electron chi connectivity index (χ0n) is 23.5. The average Bonchev–Trinajstić information content (AvgIpc) is 2.96. The molecule has 0 amide bonds. The minimum atomic E-state index is -0.128. The predicted molar refractivity (Wildman–Crippen MR) is 167 cm³/mol. The Hall–Kier alpha value is -2.52. The molecule has 6 nitrogen and oxygen atoms in total. The number of carbonyl (C=O) groups excluding carboxylic acids is 1. The second-order valence-electron chi connectivity index (χ2n) is 9.86. The quantitative estimate of drug-likeness (QED) is 0.120. The molecule has 8 heteroatoms. The molecule has 0 saturated carbocycles. The van der Waals surface area contributed by atoms with Gasteiger partial charge in [0.15, 0.2) is 5.78 Å². The van der Waals surface area contributed by atoms with Crippen LogP contribution in [0.25, 0.3) is 12.2 Å². The normalized spacial score (nSPS) is 14.7. The molecule has 1 fully saturated rings. The summed E-state index contributed by atoms with van der Waals surface area (Å²) in [6, 6.07) is 7.48. The molecular formula is C31H41N3O3S2. The third kappa shape index (κ3) is 9.28. The van der Waals surface area contributed by atoms with E-state index in [0.29, 0.717) is 16.0 Å². The number of nitrogens with zero attached hydrogens (tertiary/aromatic N) is 3. The van der Waals surface area contributed by atoms with Crippen LogP contribution in [0.4, 0.5) is 0 Å². The van der Waals surface area contributed by atoms with Crippen LogP contribution in [0.15, 0.2) is 52.7 Å². The van der Waals surface area contributed by atoms with Gasteiger partial charge in [0.05, 0.1) is 24.7 Å². The van der Waals surface area contributed by atoms with Crippen molar-refractivity contribution in [1.29, 1.82) is 0 Å². The largest absolute Gasteiger partial charge is 0.379 e. The van der Waals surface area contributed by atoms with E-state index >= 15 is 0 Å². The lowest BCUT2D eigenvalue weighted by molar-refractivity contribution is 0.0371. The monoisotopic (exact) mass is 567 g/mol. The Morgan fingerprint density at radius 2 is 1.77 bits per heavy atom. The molecule has 39 heavy (non-hydrogen) atoms. The Morgan fingerprint density at radius 3 is 2.46 bits per heavy atom. The van der Waals surface area contributed by atoms with Gasteiger partial charge in [0.25, 0.3) is 0 Å². The molecule has 3 rings (SSSR count). The van der Waals surface area contributed by atoms with Crippen molar-refractivity contribution in [2.75, 3.05) is 38.6 Å². The third-order valence-electron chi connectivity index (χ3n) is 7.05. The summed E-state index contributed by atoms with van der Waals surface area (Å²) in [6.07, 6.45) is 13.0. The second kappa shape index (κ2) is 15.9. The van der Waals surface area contributed by atoms with E-state index in [1.165, 1.54) is 24.6 Å². The second-order valence-corrected chi connectivity index (χ2v) is 11.5. The maximum Gasteiger partial charge on any atom is 0.329 e. The summed E-state index contributed by atoms with van der Waals surface area (Å²) in [6.45, 7) is 10.6. The number of ether oxygens (including phenoxy) is 1. The van der Waals surface area contributed by atoms with Gasteiger partial charge >= 0.3 is 5.69 Å². The SMILES string of the molecule is C=Cc1ccc(C(=O)CSC(C)=C/C=C/c2c(CCCCCCN3CCOCC3)c(=S)n(C)c(=O)n2C)cc1. The highest BCUT2D eigenvalue weighted by molar-refractivity contribution is 8.03. The number of unbranched alkanes of at least 4 members (excludes halogenated alkanes) is 3. The molecular weight excluding hydrogens is 526 g/mol. The van der Waals surface area contributed by atoms with Crippen LogP contribution in [-0.4, -0.2) is 58.4 Å². The summed E-state index contributed by atoms with van der Waals surface area (Å²) in [5, 5.41) is 0. The zero-order valence-corrected chi connectivity index (χ0v) is 25.1. The maximum atomic E-state index is 12.7. The molecule has 0 atom stereocenters. The highest BCUT2D eigenvalue weighted by Gasteiger charge is 2.12. The van der Waals surface area contributed by atoms with E-state index in [1.54, 1.807) is 29.3 Å². The van der Waals surface area contributed by atoms with Gasteiger partial charge in [-0.25, -0.2) is 4.79 Å². The van der Waals surface area contributed by atoms with E-state index in [-0.39, 0.29) is 11.5 Å². The number of rotatable bonds is 14.